The van der Waals surface area contributed by atoms with Gasteiger partial charge in [-0.3, -0.25) is 4.98 Å². The topological polar surface area (TPSA) is 33.1 Å². The molecule has 4 heteroatoms. The Morgan fingerprint density at radius 2 is 1.87 bits per heavy atom. The van der Waals surface area contributed by atoms with Gasteiger partial charge in [-0.05, 0) is 24.3 Å². The SMILES string of the molecule is Oc1ccc(F)cc1-c1ccncc1F. The zero-order valence-electron chi connectivity index (χ0n) is 7.61. The van der Waals surface area contributed by atoms with E-state index >= 15 is 0 Å². The average molecular weight is 207 g/mol. The maximum absolute atomic E-state index is 13.3. The molecule has 2 aromatic rings. The number of aromatic nitrogens is 1. The molecule has 1 heterocycles. The zero-order chi connectivity index (χ0) is 10.8. The van der Waals surface area contributed by atoms with E-state index in [0.29, 0.717) is 0 Å². The van der Waals surface area contributed by atoms with E-state index < -0.39 is 11.6 Å². The van der Waals surface area contributed by atoms with Gasteiger partial charge in [0.25, 0.3) is 0 Å². The predicted octanol–water partition coefficient (Wildman–Crippen LogP) is 2.73. The van der Waals surface area contributed by atoms with Crippen LogP contribution in [-0.2, 0) is 0 Å². The molecular weight excluding hydrogens is 200 g/mol. The number of pyridine rings is 1. The maximum atomic E-state index is 13.3. The van der Waals surface area contributed by atoms with Crippen molar-refractivity contribution in [3.8, 4) is 16.9 Å². The standard InChI is InChI=1S/C11H7F2NO/c12-7-1-2-11(15)9(5-7)8-3-4-14-6-10(8)13/h1-6,15H. The lowest BCUT2D eigenvalue weighted by Gasteiger charge is -2.05. The number of rotatable bonds is 1. The maximum Gasteiger partial charge on any atom is 0.149 e. The van der Waals surface area contributed by atoms with Gasteiger partial charge in [-0.2, -0.15) is 0 Å². The summed E-state index contributed by atoms with van der Waals surface area (Å²) in [7, 11) is 0. The zero-order valence-corrected chi connectivity index (χ0v) is 7.61. The third-order valence-corrected chi connectivity index (χ3v) is 2.02. The lowest BCUT2D eigenvalue weighted by atomic mass is 10.1. The Kier molecular flexibility index (Phi) is 2.33. The quantitative estimate of drug-likeness (QED) is 0.779. The largest absolute Gasteiger partial charge is 0.507 e. The molecule has 2 nitrogen and oxygen atoms in total. The lowest BCUT2D eigenvalue weighted by molar-refractivity contribution is 0.474. The lowest BCUT2D eigenvalue weighted by Crippen LogP contribution is -1.87. The Bertz CT molecular complexity index is 500. The second-order valence-corrected chi connectivity index (χ2v) is 3.02. The average Bonchev–Trinajstić information content (AvgIpc) is 2.23. The van der Waals surface area contributed by atoms with E-state index in [4.69, 9.17) is 0 Å². The second-order valence-electron chi connectivity index (χ2n) is 3.02. The highest BCUT2D eigenvalue weighted by Gasteiger charge is 2.09. The minimum Gasteiger partial charge on any atom is -0.507 e. The molecule has 1 aromatic heterocycles. The van der Waals surface area contributed by atoms with Crippen LogP contribution in [0.5, 0.6) is 5.75 Å². The molecule has 76 valence electrons. The van der Waals surface area contributed by atoms with Crippen molar-refractivity contribution in [3.63, 3.8) is 0 Å². The number of hydrogen-bond donors (Lipinski definition) is 1. The van der Waals surface area contributed by atoms with E-state index in [9.17, 15) is 13.9 Å². The molecule has 0 fully saturated rings. The first-order valence-electron chi connectivity index (χ1n) is 4.27. The Labute approximate surface area is 84.8 Å². The summed E-state index contributed by atoms with van der Waals surface area (Å²) >= 11 is 0. The fraction of sp³-hybridized carbons (Fsp3) is 0. The van der Waals surface area contributed by atoms with Gasteiger partial charge >= 0.3 is 0 Å². The number of hydrogen-bond acceptors (Lipinski definition) is 2. The molecule has 0 bridgehead atoms. The Balaban J connectivity index is 2.64. The molecule has 0 aliphatic rings. The molecule has 0 aliphatic carbocycles. The highest BCUT2D eigenvalue weighted by atomic mass is 19.1. The first-order chi connectivity index (χ1) is 7.18. The normalized spacial score (nSPS) is 10.3. The van der Waals surface area contributed by atoms with Crippen LogP contribution in [0.4, 0.5) is 8.78 Å². The van der Waals surface area contributed by atoms with Gasteiger partial charge in [-0.1, -0.05) is 0 Å². The summed E-state index contributed by atoms with van der Waals surface area (Å²) in [6, 6.07) is 4.75. The first kappa shape index (κ1) is 9.58. The van der Waals surface area contributed by atoms with Crippen molar-refractivity contribution in [3.05, 3.63) is 48.3 Å². The van der Waals surface area contributed by atoms with Crippen molar-refractivity contribution in [2.45, 2.75) is 0 Å². The van der Waals surface area contributed by atoms with Crippen molar-refractivity contribution < 1.29 is 13.9 Å². The van der Waals surface area contributed by atoms with Crippen LogP contribution in [0.1, 0.15) is 0 Å². The number of phenolic OH excluding ortho intramolecular Hbond substituents is 1. The van der Waals surface area contributed by atoms with E-state index in [1.165, 1.54) is 18.3 Å². The summed E-state index contributed by atoms with van der Waals surface area (Å²) in [5, 5.41) is 9.46. The van der Waals surface area contributed by atoms with Gasteiger partial charge in [-0.15, -0.1) is 0 Å². The van der Waals surface area contributed by atoms with Crippen LogP contribution in [0, 0.1) is 11.6 Å². The number of phenols is 1. The van der Waals surface area contributed by atoms with Crippen molar-refractivity contribution in [1.82, 2.24) is 4.98 Å². The van der Waals surface area contributed by atoms with Crippen LogP contribution in [-0.4, -0.2) is 10.1 Å². The Morgan fingerprint density at radius 3 is 2.60 bits per heavy atom. The summed E-state index contributed by atoms with van der Waals surface area (Å²) in [6.45, 7) is 0. The van der Waals surface area contributed by atoms with E-state index in [2.05, 4.69) is 4.98 Å². The first-order valence-corrected chi connectivity index (χ1v) is 4.27. The highest BCUT2D eigenvalue weighted by molar-refractivity contribution is 5.70. The van der Waals surface area contributed by atoms with E-state index in [-0.39, 0.29) is 16.9 Å². The molecule has 15 heavy (non-hydrogen) atoms. The number of aromatic hydroxyl groups is 1. The van der Waals surface area contributed by atoms with Crippen molar-refractivity contribution in [2.75, 3.05) is 0 Å². The third-order valence-electron chi connectivity index (χ3n) is 2.02. The summed E-state index contributed by atoms with van der Waals surface area (Å²) in [5.74, 6) is -1.29. The summed E-state index contributed by atoms with van der Waals surface area (Å²) < 4.78 is 26.2. The molecule has 0 radical (unpaired) electrons. The van der Waals surface area contributed by atoms with Gasteiger partial charge in [0.05, 0.1) is 6.20 Å². The van der Waals surface area contributed by atoms with Gasteiger partial charge in [0, 0.05) is 17.3 Å². The predicted molar refractivity (Wildman–Crippen MR) is 51.3 cm³/mol. The number of benzene rings is 1. The minimum absolute atomic E-state index is 0.120. The molecule has 0 atom stereocenters. The molecular formula is C11H7F2NO. The summed E-state index contributed by atoms with van der Waals surface area (Å²) in [6.07, 6.45) is 2.39. The number of nitrogens with zero attached hydrogens (tertiary/aromatic N) is 1. The van der Waals surface area contributed by atoms with Gasteiger partial charge in [-0.25, -0.2) is 8.78 Å². The van der Waals surface area contributed by atoms with Crippen molar-refractivity contribution in [2.24, 2.45) is 0 Å². The Hall–Kier alpha value is -1.97. The van der Waals surface area contributed by atoms with Crippen molar-refractivity contribution in [1.29, 1.82) is 0 Å². The van der Waals surface area contributed by atoms with Gasteiger partial charge < -0.3 is 5.11 Å². The van der Waals surface area contributed by atoms with Crippen molar-refractivity contribution >= 4 is 0 Å². The fourth-order valence-corrected chi connectivity index (χ4v) is 1.32. The smallest absolute Gasteiger partial charge is 0.149 e. The fourth-order valence-electron chi connectivity index (χ4n) is 1.32. The molecule has 0 spiro atoms. The molecule has 2 rings (SSSR count). The van der Waals surface area contributed by atoms with E-state index in [1.807, 2.05) is 0 Å². The van der Waals surface area contributed by atoms with Crippen LogP contribution in [0.25, 0.3) is 11.1 Å². The van der Waals surface area contributed by atoms with Crippen LogP contribution < -0.4 is 0 Å². The summed E-state index contributed by atoms with van der Waals surface area (Å²) in [5.41, 5.74) is 0.247. The minimum atomic E-state index is -0.599. The molecule has 1 N–H and O–H groups in total. The van der Waals surface area contributed by atoms with Crippen LogP contribution in [0.2, 0.25) is 0 Å². The highest BCUT2D eigenvalue weighted by Crippen LogP contribution is 2.30. The van der Waals surface area contributed by atoms with Gasteiger partial charge in [0.1, 0.15) is 17.4 Å². The second kappa shape index (κ2) is 3.65. The molecule has 0 amide bonds. The molecule has 0 aliphatic heterocycles. The summed E-state index contributed by atoms with van der Waals surface area (Å²) in [4.78, 5) is 3.57. The third kappa shape index (κ3) is 1.79. The van der Waals surface area contributed by atoms with Crippen LogP contribution >= 0.6 is 0 Å². The molecule has 0 saturated heterocycles. The van der Waals surface area contributed by atoms with E-state index in [1.54, 1.807) is 0 Å². The molecule has 1 aromatic carbocycles. The van der Waals surface area contributed by atoms with Gasteiger partial charge in [0.2, 0.25) is 0 Å². The van der Waals surface area contributed by atoms with Crippen LogP contribution in [0.15, 0.2) is 36.7 Å². The van der Waals surface area contributed by atoms with Gasteiger partial charge in [0.15, 0.2) is 0 Å². The monoisotopic (exact) mass is 207 g/mol. The Morgan fingerprint density at radius 1 is 1.07 bits per heavy atom. The van der Waals surface area contributed by atoms with Crippen LogP contribution in [0.3, 0.4) is 0 Å². The number of halogens is 2. The molecule has 0 saturated carbocycles. The molecule has 0 unspecified atom stereocenters. The van der Waals surface area contributed by atoms with E-state index in [0.717, 1.165) is 18.3 Å².